The fourth-order valence-corrected chi connectivity index (χ4v) is 5.35. The molecule has 0 bridgehead atoms. The van der Waals surface area contributed by atoms with Crippen LogP contribution < -0.4 is 14.4 Å². The SMILES string of the molecule is Cc1cc2cc3c(cc2n2c(SCC(=O)N4CCCc5ccccc54)nnc12)OCCO3. The second-order valence-corrected chi connectivity index (χ2v) is 9.03. The van der Waals surface area contributed by atoms with Gasteiger partial charge < -0.3 is 14.4 Å². The molecule has 7 nitrogen and oxygen atoms in total. The minimum atomic E-state index is 0.0879. The Kier molecular flexibility index (Phi) is 4.68. The third kappa shape index (κ3) is 3.17. The van der Waals surface area contributed by atoms with Crippen LogP contribution in [-0.2, 0) is 11.2 Å². The summed E-state index contributed by atoms with van der Waals surface area (Å²) in [5.41, 5.74) is 5.01. The van der Waals surface area contributed by atoms with Gasteiger partial charge in [0.15, 0.2) is 22.3 Å². The van der Waals surface area contributed by atoms with E-state index in [-0.39, 0.29) is 5.91 Å². The highest BCUT2D eigenvalue weighted by Crippen LogP contribution is 2.37. The Balaban J connectivity index is 1.34. The number of carbonyl (C=O) groups is 1. The lowest BCUT2D eigenvalue weighted by molar-refractivity contribution is -0.116. The van der Waals surface area contributed by atoms with Crippen LogP contribution in [0.5, 0.6) is 11.5 Å². The van der Waals surface area contributed by atoms with Crippen LogP contribution in [0.4, 0.5) is 5.69 Å². The van der Waals surface area contributed by atoms with Crippen LogP contribution in [0.2, 0.25) is 0 Å². The molecule has 0 unspecified atom stereocenters. The lowest BCUT2D eigenvalue weighted by atomic mass is 10.0. The van der Waals surface area contributed by atoms with Crippen LogP contribution in [0.3, 0.4) is 0 Å². The second kappa shape index (κ2) is 7.70. The van der Waals surface area contributed by atoms with Crippen LogP contribution in [0.1, 0.15) is 17.5 Å². The number of rotatable bonds is 3. The molecule has 8 heteroatoms. The largest absolute Gasteiger partial charge is 0.486 e. The number of aryl methyl sites for hydroxylation is 2. The maximum atomic E-state index is 13.1. The molecule has 6 rings (SSSR count). The number of pyridine rings is 1. The summed E-state index contributed by atoms with van der Waals surface area (Å²) in [5.74, 6) is 1.86. The van der Waals surface area contributed by atoms with Crippen molar-refractivity contribution in [1.82, 2.24) is 14.6 Å². The Morgan fingerprint density at radius 1 is 1.09 bits per heavy atom. The van der Waals surface area contributed by atoms with E-state index in [0.29, 0.717) is 24.1 Å². The van der Waals surface area contributed by atoms with Crippen molar-refractivity contribution in [3.8, 4) is 11.5 Å². The van der Waals surface area contributed by atoms with Crippen molar-refractivity contribution in [2.75, 3.05) is 30.4 Å². The molecule has 32 heavy (non-hydrogen) atoms. The number of carbonyl (C=O) groups excluding carboxylic acids is 1. The minimum Gasteiger partial charge on any atom is -0.486 e. The van der Waals surface area contributed by atoms with E-state index < -0.39 is 0 Å². The normalized spacial score (nSPS) is 15.2. The van der Waals surface area contributed by atoms with E-state index in [9.17, 15) is 4.79 Å². The first-order valence-electron chi connectivity index (χ1n) is 10.8. The van der Waals surface area contributed by atoms with Gasteiger partial charge in [-0.15, -0.1) is 10.2 Å². The fraction of sp³-hybridized carbons (Fsp3) is 0.292. The van der Waals surface area contributed by atoms with Crippen molar-refractivity contribution in [1.29, 1.82) is 0 Å². The number of anilines is 1. The van der Waals surface area contributed by atoms with Gasteiger partial charge in [0.25, 0.3) is 0 Å². The molecule has 0 saturated heterocycles. The molecule has 0 aliphatic carbocycles. The first-order valence-corrected chi connectivity index (χ1v) is 11.8. The lowest BCUT2D eigenvalue weighted by Crippen LogP contribution is -2.36. The molecular weight excluding hydrogens is 424 g/mol. The number of ether oxygens (including phenoxy) is 2. The molecule has 0 atom stereocenters. The molecule has 1 amide bonds. The number of fused-ring (bicyclic) bond motifs is 5. The maximum absolute atomic E-state index is 13.1. The molecule has 4 heterocycles. The van der Waals surface area contributed by atoms with E-state index in [0.717, 1.165) is 58.7 Å². The van der Waals surface area contributed by atoms with Crippen LogP contribution in [0.25, 0.3) is 16.6 Å². The smallest absolute Gasteiger partial charge is 0.237 e. The van der Waals surface area contributed by atoms with Gasteiger partial charge in [0.1, 0.15) is 13.2 Å². The highest BCUT2D eigenvalue weighted by atomic mass is 32.2. The zero-order valence-electron chi connectivity index (χ0n) is 17.7. The Hall–Kier alpha value is -3.26. The van der Waals surface area contributed by atoms with Crippen molar-refractivity contribution in [3.63, 3.8) is 0 Å². The Morgan fingerprint density at radius 2 is 1.91 bits per heavy atom. The summed E-state index contributed by atoms with van der Waals surface area (Å²) in [7, 11) is 0. The van der Waals surface area contributed by atoms with Crippen molar-refractivity contribution < 1.29 is 14.3 Å². The number of nitrogens with zero attached hydrogens (tertiary/aromatic N) is 4. The van der Waals surface area contributed by atoms with Crippen molar-refractivity contribution in [2.24, 2.45) is 0 Å². The predicted octanol–water partition coefficient (Wildman–Crippen LogP) is 4.03. The van der Waals surface area contributed by atoms with Crippen LogP contribution in [0, 0.1) is 6.92 Å². The van der Waals surface area contributed by atoms with E-state index in [2.05, 4.69) is 22.3 Å². The molecule has 0 N–H and O–H groups in total. The highest BCUT2D eigenvalue weighted by molar-refractivity contribution is 7.99. The third-order valence-electron chi connectivity index (χ3n) is 6.03. The van der Waals surface area contributed by atoms with E-state index in [1.165, 1.54) is 17.3 Å². The number of benzene rings is 2. The lowest BCUT2D eigenvalue weighted by Gasteiger charge is -2.29. The molecule has 4 aromatic rings. The maximum Gasteiger partial charge on any atom is 0.237 e. The summed E-state index contributed by atoms with van der Waals surface area (Å²) < 4.78 is 13.6. The van der Waals surface area contributed by atoms with Gasteiger partial charge in [-0.1, -0.05) is 30.0 Å². The van der Waals surface area contributed by atoms with Crippen LogP contribution >= 0.6 is 11.8 Å². The monoisotopic (exact) mass is 446 g/mol. The van der Waals surface area contributed by atoms with Gasteiger partial charge in [0, 0.05) is 23.7 Å². The number of hydrogen-bond donors (Lipinski definition) is 0. The summed E-state index contributed by atoms with van der Waals surface area (Å²) in [6, 6.07) is 14.2. The van der Waals surface area contributed by atoms with Gasteiger partial charge in [-0.3, -0.25) is 9.20 Å². The van der Waals surface area contributed by atoms with E-state index in [1.807, 2.05) is 46.6 Å². The van der Waals surface area contributed by atoms with E-state index in [4.69, 9.17) is 9.47 Å². The summed E-state index contributed by atoms with van der Waals surface area (Å²) in [6.45, 7) is 3.85. The molecule has 2 aliphatic rings. The average molecular weight is 447 g/mol. The minimum absolute atomic E-state index is 0.0879. The molecule has 162 valence electrons. The summed E-state index contributed by atoms with van der Waals surface area (Å²) in [4.78, 5) is 15.0. The zero-order chi connectivity index (χ0) is 21.7. The van der Waals surface area contributed by atoms with E-state index >= 15 is 0 Å². The quantitative estimate of drug-likeness (QED) is 0.443. The van der Waals surface area contributed by atoms with Gasteiger partial charge in [0.2, 0.25) is 5.91 Å². The molecule has 2 aliphatic heterocycles. The number of thioether (sulfide) groups is 1. The van der Waals surface area contributed by atoms with Gasteiger partial charge in [0.05, 0.1) is 11.3 Å². The molecule has 2 aromatic carbocycles. The highest BCUT2D eigenvalue weighted by Gasteiger charge is 2.23. The molecule has 0 spiro atoms. The van der Waals surface area contributed by atoms with Crippen LogP contribution in [-0.4, -0.2) is 46.0 Å². The van der Waals surface area contributed by atoms with Crippen LogP contribution in [0.15, 0.2) is 47.6 Å². The number of para-hydroxylation sites is 1. The van der Waals surface area contributed by atoms with Gasteiger partial charge in [-0.05, 0) is 49.1 Å². The first-order chi connectivity index (χ1) is 15.7. The van der Waals surface area contributed by atoms with Gasteiger partial charge in [-0.2, -0.15) is 0 Å². The molecule has 0 fully saturated rings. The summed E-state index contributed by atoms with van der Waals surface area (Å²) in [5, 5.41) is 10.5. The summed E-state index contributed by atoms with van der Waals surface area (Å²) >= 11 is 1.42. The fourth-order valence-electron chi connectivity index (χ4n) is 4.53. The topological polar surface area (TPSA) is 69.0 Å². The molecule has 0 radical (unpaired) electrons. The second-order valence-electron chi connectivity index (χ2n) is 8.09. The van der Waals surface area contributed by atoms with E-state index in [1.54, 1.807) is 0 Å². The molecule has 0 saturated carbocycles. The predicted molar refractivity (Wildman–Crippen MR) is 124 cm³/mol. The number of hydrogen-bond acceptors (Lipinski definition) is 6. The average Bonchev–Trinajstić information content (AvgIpc) is 3.26. The Labute approximate surface area is 189 Å². The number of amides is 1. The molecule has 2 aromatic heterocycles. The van der Waals surface area contributed by atoms with Gasteiger partial charge >= 0.3 is 0 Å². The summed E-state index contributed by atoms with van der Waals surface area (Å²) in [6.07, 6.45) is 2.00. The Bertz CT molecular complexity index is 1370. The molecular formula is C24H22N4O3S. The van der Waals surface area contributed by atoms with Crippen molar-refractivity contribution in [2.45, 2.75) is 24.9 Å². The first kappa shape index (κ1) is 19.4. The number of aromatic nitrogens is 3. The van der Waals surface area contributed by atoms with Crippen molar-refractivity contribution in [3.05, 3.63) is 53.6 Å². The van der Waals surface area contributed by atoms with Crippen molar-refractivity contribution >= 4 is 39.9 Å². The van der Waals surface area contributed by atoms with Gasteiger partial charge in [-0.25, -0.2) is 0 Å². The zero-order valence-corrected chi connectivity index (χ0v) is 18.5. The Morgan fingerprint density at radius 3 is 2.78 bits per heavy atom. The third-order valence-corrected chi connectivity index (χ3v) is 6.94. The standard InChI is InChI=1S/C24H22N4O3S/c1-15-11-17-12-20-21(31-10-9-30-20)13-19(17)28-23(15)25-26-24(28)32-14-22(29)27-8-4-6-16-5-2-3-7-18(16)27/h2-3,5,7,11-13H,4,6,8-10,14H2,1H3.